The zero-order valence-corrected chi connectivity index (χ0v) is 9.08. The summed E-state index contributed by atoms with van der Waals surface area (Å²) >= 11 is 0. The van der Waals surface area contributed by atoms with Crippen molar-refractivity contribution in [1.82, 2.24) is 9.78 Å². The van der Waals surface area contributed by atoms with E-state index in [1.807, 2.05) is 29.1 Å². The lowest BCUT2D eigenvalue weighted by Crippen LogP contribution is -2.01. The lowest BCUT2D eigenvalue weighted by molar-refractivity contribution is 0.809. The molecule has 1 aromatic carbocycles. The number of nitrogens with zero attached hydrogens (tertiary/aromatic N) is 2. The molecule has 1 saturated carbocycles. The van der Waals surface area contributed by atoms with E-state index in [-0.39, 0.29) is 0 Å². The summed E-state index contributed by atoms with van der Waals surface area (Å²) in [6, 6.07) is 10.2. The van der Waals surface area contributed by atoms with Gasteiger partial charge in [0.15, 0.2) is 0 Å². The number of para-hydroxylation sites is 1. The molecule has 82 valence electrons. The van der Waals surface area contributed by atoms with Crippen LogP contribution in [0, 0.1) is 5.92 Å². The van der Waals surface area contributed by atoms with Crippen LogP contribution in [-0.2, 0) is 0 Å². The van der Waals surface area contributed by atoms with E-state index in [9.17, 15) is 0 Å². The van der Waals surface area contributed by atoms with Crippen LogP contribution in [0.2, 0.25) is 0 Å². The standard InChI is InChI=1S/C13H15N3/c14-7-10-6-13(10)11-8-15-16(9-11)12-4-2-1-3-5-12/h1-5,8-10,13H,6-7,14H2. The molecule has 1 aliphatic carbocycles. The van der Waals surface area contributed by atoms with Crippen molar-refractivity contribution in [1.29, 1.82) is 0 Å². The third kappa shape index (κ3) is 1.63. The number of benzene rings is 1. The Morgan fingerprint density at radius 1 is 1.31 bits per heavy atom. The summed E-state index contributed by atoms with van der Waals surface area (Å²) in [5.74, 6) is 1.32. The van der Waals surface area contributed by atoms with Gasteiger partial charge in [-0.1, -0.05) is 18.2 Å². The largest absolute Gasteiger partial charge is 0.330 e. The fourth-order valence-electron chi connectivity index (χ4n) is 2.17. The van der Waals surface area contributed by atoms with Gasteiger partial charge in [-0.05, 0) is 42.5 Å². The molecule has 0 spiro atoms. The summed E-state index contributed by atoms with van der Waals surface area (Å²) in [7, 11) is 0. The van der Waals surface area contributed by atoms with Crippen molar-refractivity contribution in [3.63, 3.8) is 0 Å². The molecule has 1 aromatic heterocycles. The molecule has 0 amide bonds. The fraction of sp³-hybridized carbons (Fsp3) is 0.308. The van der Waals surface area contributed by atoms with Crippen molar-refractivity contribution in [2.75, 3.05) is 6.54 Å². The molecular weight excluding hydrogens is 198 g/mol. The number of hydrogen-bond acceptors (Lipinski definition) is 2. The summed E-state index contributed by atoms with van der Waals surface area (Å²) < 4.78 is 1.93. The molecule has 0 bridgehead atoms. The maximum absolute atomic E-state index is 5.65. The van der Waals surface area contributed by atoms with Crippen LogP contribution in [-0.4, -0.2) is 16.3 Å². The highest BCUT2D eigenvalue weighted by Gasteiger charge is 2.37. The topological polar surface area (TPSA) is 43.8 Å². The van der Waals surface area contributed by atoms with Gasteiger partial charge >= 0.3 is 0 Å². The van der Waals surface area contributed by atoms with Gasteiger partial charge in [-0.15, -0.1) is 0 Å². The van der Waals surface area contributed by atoms with Crippen molar-refractivity contribution < 1.29 is 0 Å². The minimum atomic E-state index is 0.641. The number of nitrogens with two attached hydrogens (primary N) is 1. The van der Waals surface area contributed by atoms with Crippen LogP contribution in [0.25, 0.3) is 5.69 Å². The highest BCUT2D eigenvalue weighted by atomic mass is 15.3. The van der Waals surface area contributed by atoms with Gasteiger partial charge in [-0.3, -0.25) is 0 Å². The van der Waals surface area contributed by atoms with Crippen molar-refractivity contribution in [2.45, 2.75) is 12.3 Å². The second-order valence-corrected chi connectivity index (χ2v) is 4.39. The molecule has 16 heavy (non-hydrogen) atoms. The average Bonchev–Trinajstić information content (AvgIpc) is 2.98. The average molecular weight is 213 g/mol. The smallest absolute Gasteiger partial charge is 0.0645 e. The summed E-state index contributed by atoms with van der Waals surface area (Å²) in [5.41, 5.74) is 8.08. The molecule has 3 nitrogen and oxygen atoms in total. The van der Waals surface area contributed by atoms with E-state index in [0.717, 1.165) is 12.2 Å². The predicted molar refractivity (Wildman–Crippen MR) is 63.5 cm³/mol. The summed E-state index contributed by atoms with van der Waals surface area (Å²) in [5, 5.41) is 4.39. The van der Waals surface area contributed by atoms with E-state index < -0.39 is 0 Å². The first-order chi connectivity index (χ1) is 7.88. The van der Waals surface area contributed by atoms with Crippen molar-refractivity contribution in [2.24, 2.45) is 11.7 Å². The van der Waals surface area contributed by atoms with E-state index in [0.29, 0.717) is 11.8 Å². The van der Waals surface area contributed by atoms with Gasteiger partial charge in [0.25, 0.3) is 0 Å². The lowest BCUT2D eigenvalue weighted by Gasteiger charge is -1.98. The number of hydrogen-bond donors (Lipinski definition) is 1. The van der Waals surface area contributed by atoms with E-state index in [1.54, 1.807) is 0 Å². The Hall–Kier alpha value is -1.61. The Balaban J connectivity index is 1.84. The Morgan fingerprint density at radius 3 is 2.81 bits per heavy atom. The molecule has 0 aliphatic heterocycles. The third-order valence-corrected chi connectivity index (χ3v) is 3.28. The molecule has 3 heteroatoms. The van der Waals surface area contributed by atoms with Crippen molar-refractivity contribution in [3.8, 4) is 5.69 Å². The highest BCUT2D eigenvalue weighted by Crippen LogP contribution is 2.46. The second kappa shape index (κ2) is 3.76. The molecule has 1 fully saturated rings. The molecule has 3 rings (SSSR count). The maximum Gasteiger partial charge on any atom is 0.0645 e. The van der Waals surface area contributed by atoms with Crippen LogP contribution in [0.4, 0.5) is 0 Å². The van der Waals surface area contributed by atoms with Gasteiger partial charge in [-0.2, -0.15) is 5.10 Å². The monoisotopic (exact) mass is 213 g/mol. The Morgan fingerprint density at radius 2 is 2.12 bits per heavy atom. The van der Waals surface area contributed by atoms with Gasteiger partial charge in [-0.25, -0.2) is 4.68 Å². The highest BCUT2D eigenvalue weighted by molar-refractivity contribution is 5.32. The zero-order chi connectivity index (χ0) is 11.0. The van der Waals surface area contributed by atoms with Gasteiger partial charge in [0.05, 0.1) is 11.9 Å². The van der Waals surface area contributed by atoms with Crippen molar-refractivity contribution >= 4 is 0 Å². The van der Waals surface area contributed by atoms with E-state index in [2.05, 4.69) is 23.4 Å². The van der Waals surface area contributed by atoms with E-state index in [4.69, 9.17) is 5.73 Å². The molecule has 2 atom stereocenters. The van der Waals surface area contributed by atoms with Gasteiger partial charge in [0, 0.05) is 6.20 Å². The van der Waals surface area contributed by atoms with Crippen molar-refractivity contribution in [3.05, 3.63) is 48.3 Å². The molecule has 2 N–H and O–H groups in total. The third-order valence-electron chi connectivity index (χ3n) is 3.28. The van der Waals surface area contributed by atoms with E-state index >= 15 is 0 Å². The molecule has 0 radical (unpaired) electrons. The minimum Gasteiger partial charge on any atom is -0.330 e. The fourth-order valence-corrected chi connectivity index (χ4v) is 2.17. The maximum atomic E-state index is 5.65. The second-order valence-electron chi connectivity index (χ2n) is 4.39. The van der Waals surface area contributed by atoms with Crippen LogP contribution in [0.15, 0.2) is 42.7 Å². The van der Waals surface area contributed by atoms with Crippen LogP contribution in [0.1, 0.15) is 17.9 Å². The predicted octanol–water partition coefficient (Wildman–Crippen LogP) is 1.93. The van der Waals surface area contributed by atoms with Crippen LogP contribution >= 0.6 is 0 Å². The summed E-state index contributed by atoms with van der Waals surface area (Å²) in [6.45, 7) is 0.793. The minimum absolute atomic E-state index is 0.641. The summed E-state index contributed by atoms with van der Waals surface area (Å²) in [4.78, 5) is 0. The summed E-state index contributed by atoms with van der Waals surface area (Å²) in [6.07, 6.45) is 5.31. The van der Waals surface area contributed by atoms with Crippen LogP contribution in [0.3, 0.4) is 0 Å². The van der Waals surface area contributed by atoms with Gasteiger partial charge in [0.2, 0.25) is 0 Å². The first-order valence-electron chi connectivity index (χ1n) is 5.68. The first-order valence-corrected chi connectivity index (χ1v) is 5.68. The van der Waals surface area contributed by atoms with Crippen LogP contribution < -0.4 is 5.73 Å². The molecule has 2 aromatic rings. The number of rotatable bonds is 3. The molecule has 1 aliphatic rings. The normalized spacial score (nSPS) is 23.3. The Bertz CT molecular complexity index is 475. The van der Waals surface area contributed by atoms with E-state index in [1.165, 1.54) is 12.0 Å². The quantitative estimate of drug-likeness (QED) is 0.846. The number of aromatic nitrogens is 2. The molecular formula is C13H15N3. The Kier molecular flexibility index (Phi) is 2.26. The van der Waals surface area contributed by atoms with Gasteiger partial charge < -0.3 is 5.73 Å². The lowest BCUT2D eigenvalue weighted by atomic mass is 10.2. The molecule has 2 unspecified atom stereocenters. The molecule has 1 heterocycles. The Labute approximate surface area is 94.9 Å². The molecule has 0 saturated heterocycles. The SMILES string of the molecule is NCC1CC1c1cnn(-c2ccccc2)c1. The first kappa shape index (κ1) is 9.60. The zero-order valence-electron chi connectivity index (χ0n) is 9.08. The van der Waals surface area contributed by atoms with Gasteiger partial charge in [0.1, 0.15) is 0 Å². The van der Waals surface area contributed by atoms with Crippen LogP contribution in [0.5, 0.6) is 0 Å².